The van der Waals surface area contributed by atoms with Gasteiger partial charge in [0, 0.05) is 19.8 Å². The Morgan fingerprint density at radius 1 is 1.31 bits per heavy atom. The van der Waals surface area contributed by atoms with Crippen molar-refractivity contribution in [2.75, 3.05) is 25.1 Å². The number of pyridine rings is 1. The van der Waals surface area contributed by atoms with Crippen LogP contribution in [0.3, 0.4) is 0 Å². The van der Waals surface area contributed by atoms with Gasteiger partial charge in [-0.2, -0.15) is 9.37 Å². The standard InChI is InChI=1S/C11H14F2N2O/c12-9-1-2-10(13)15-11(9)14-7-8-3-5-16-6-4-8/h1-2,8H,3-7H2,(H,14,15). The molecule has 2 rings (SSSR count). The van der Waals surface area contributed by atoms with E-state index in [4.69, 9.17) is 4.74 Å². The van der Waals surface area contributed by atoms with Gasteiger partial charge in [0.15, 0.2) is 11.6 Å². The molecule has 1 fully saturated rings. The van der Waals surface area contributed by atoms with Crippen molar-refractivity contribution < 1.29 is 13.5 Å². The summed E-state index contributed by atoms with van der Waals surface area (Å²) in [6, 6.07) is 2.09. The number of hydrogen-bond acceptors (Lipinski definition) is 3. The van der Waals surface area contributed by atoms with Crippen molar-refractivity contribution >= 4 is 5.82 Å². The van der Waals surface area contributed by atoms with E-state index in [0.717, 1.165) is 38.2 Å². The van der Waals surface area contributed by atoms with Gasteiger partial charge >= 0.3 is 0 Å². The van der Waals surface area contributed by atoms with E-state index >= 15 is 0 Å². The number of aromatic nitrogens is 1. The van der Waals surface area contributed by atoms with Crippen LogP contribution in [0.1, 0.15) is 12.8 Å². The van der Waals surface area contributed by atoms with Crippen molar-refractivity contribution in [3.63, 3.8) is 0 Å². The van der Waals surface area contributed by atoms with E-state index in [1.54, 1.807) is 0 Å². The summed E-state index contributed by atoms with van der Waals surface area (Å²) in [6.07, 6.45) is 1.90. The van der Waals surface area contributed by atoms with Crippen LogP contribution in [0, 0.1) is 17.7 Å². The summed E-state index contributed by atoms with van der Waals surface area (Å²) in [6.45, 7) is 2.09. The zero-order valence-corrected chi connectivity index (χ0v) is 8.88. The molecule has 2 heterocycles. The van der Waals surface area contributed by atoms with Crippen LogP contribution in [0.5, 0.6) is 0 Å². The number of ether oxygens (including phenoxy) is 1. The summed E-state index contributed by atoms with van der Waals surface area (Å²) < 4.78 is 31.2. The second-order valence-electron chi connectivity index (χ2n) is 3.90. The molecule has 0 aromatic carbocycles. The first kappa shape index (κ1) is 11.3. The Balaban J connectivity index is 1.90. The lowest BCUT2D eigenvalue weighted by Gasteiger charge is -2.22. The molecule has 1 aromatic rings. The molecular weight excluding hydrogens is 214 g/mol. The summed E-state index contributed by atoms with van der Waals surface area (Å²) in [5.41, 5.74) is 0. The molecule has 5 heteroatoms. The molecule has 0 atom stereocenters. The van der Waals surface area contributed by atoms with Gasteiger partial charge in [-0.3, -0.25) is 0 Å². The minimum atomic E-state index is -0.670. The molecule has 1 saturated heterocycles. The molecule has 1 aliphatic rings. The summed E-state index contributed by atoms with van der Waals surface area (Å²) in [5.74, 6) is -0.756. The Morgan fingerprint density at radius 2 is 2.06 bits per heavy atom. The molecule has 0 unspecified atom stereocenters. The molecular formula is C11H14F2N2O. The van der Waals surface area contributed by atoms with Gasteiger partial charge in [-0.1, -0.05) is 0 Å². The van der Waals surface area contributed by atoms with Crippen molar-refractivity contribution in [2.24, 2.45) is 5.92 Å². The van der Waals surface area contributed by atoms with Gasteiger partial charge in [0.25, 0.3) is 0 Å². The molecule has 1 aliphatic heterocycles. The maximum Gasteiger partial charge on any atom is 0.214 e. The van der Waals surface area contributed by atoms with Crippen LogP contribution in [-0.2, 0) is 4.74 Å². The Bertz CT molecular complexity index is 354. The van der Waals surface area contributed by atoms with Crippen molar-refractivity contribution in [3.8, 4) is 0 Å². The van der Waals surface area contributed by atoms with Gasteiger partial charge in [-0.05, 0) is 30.9 Å². The molecule has 16 heavy (non-hydrogen) atoms. The normalized spacial score (nSPS) is 17.4. The number of hydrogen-bond donors (Lipinski definition) is 1. The predicted molar refractivity (Wildman–Crippen MR) is 56.2 cm³/mol. The summed E-state index contributed by atoms with van der Waals surface area (Å²) in [7, 11) is 0. The van der Waals surface area contributed by atoms with Crippen LogP contribution < -0.4 is 5.32 Å². The van der Waals surface area contributed by atoms with Crippen molar-refractivity contribution in [1.82, 2.24) is 4.98 Å². The summed E-state index contributed by atoms with van der Waals surface area (Å²) in [5, 5.41) is 2.84. The Labute approximate surface area is 92.8 Å². The minimum absolute atomic E-state index is 0.00788. The van der Waals surface area contributed by atoms with Crippen molar-refractivity contribution in [2.45, 2.75) is 12.8 Å². The first-order chi connectivity index (χ1) is 7.75. The van der Waals surface area contributed by atoms with Crippen molar-refractivity contribution in [3.05, 3.63) is 23.9 Å². The number of halogens is 2. The lowest BCUT2D eigenvalue weighted by atomic mass is 10.0. The Hall–Kier alpha value is -1.23. The average Bonchev–Trinajstić information content (AvgIpc) is 2.32. The smallest absolute Gasteiger partial charge is 0.214 e. The second kappa shape index (κ2) is 5.21. The van der Waals surface area contributed by atoms with Gasteiger partial charge in [-0.15, -0.1) is 0 Å². The topological polar surface area (TPSA) is 34.1 Å². The SMILES string of the molecule is Fc1ccc(F)c(NCC2CCOCC2)n1. The van der Waals surface area contributed by atoms with Gasteiger partial charge in [-0.25, -0.2) is 4.39 Å². The van der Waals surface area contributed by atoms with Crippen LogP contribution in [-0.4, -0.2) is 24.7 Å². The first-order valence-electron chi connectivity index (χ1n) is 5.39. The maximum atomic E-state index is 13.2. The van der Waals surface area contributed by atoms with Crippen LogP contribution in [0.25, 0.3) is 0 Å². The fraction of sp³-hybridized carbons (Fsp3) is 0.545. The summed E-state index contributed by atoms with van der Waals surface area (Å²) >= 11 is 0. The first-order valence-corrected chi connectivity index (χ1v) is 5.39. The van der Waals surface area contributed by atoms with Crippen LogP contribution in [0.2, 0.25) is 0 Å². The summed E-state index contributed by atoms with van der Waals surface area (Å²) in [4.78, 5) is 3.47. The van der Waals surface area contributed by atoms with Gasteiger partial charge in [0.2, 0.25) is 5.95 Å². The zero-order chi connectivity index (χ0) is 11.4. The molecule has 0 saturated carbocycles. The number of nitrogens with zero attached hydrogens (tertiary/aromatic N) is 1. The molecule has 3 nitrogen and oxygen atoms in total. The zero-order valence-electron chi connectivity index (χ0n) is 8.88. The van der Waals surface area contributed by atoms with E-state index in [2.05, 4.69) is 10.3 Å². The number of anilines is 1. The van der Waals surface area contributed by atoms with E-state index in [0.29, 0.717) is 12.5 Å². The Kier molecular flexibility index (Phi) is 3.66. The van der Waals surface area contributed by atoms with E-state index in [1.807, 2.05) is 0 Å². The number of nitrogens with one attached hydrogen (secondary N) is 1. The highest BCUT2D eigenvalue weighted by Gasteiger charge is 2.14. The van der Waals surface area contributed by atoms with E-state index in [-0.39, 0.29) is 5.82 Å². The van der Waals surface area contributed by atoms with Crippen LogP contribution in [0.4, 0.5) is 14.6 Å². The molecule has 0 amide bonds. The molecule has 88 valence electrons. The lowest BCUT2D eigenvalue weighted by molar-refractivity contribution is 0.0699. The molecule has 0 aliphatic carbocycles. The number of rotatable bonds is 3. The highest BCUT2D eigenvalue weighted by molar-refractivity contribution is 5.35. The van der Waals surface area contributed by atoms with Crippen LogP contribution in [0.15, 0.2) is 12.1 Å². The fourth-order valence-corrected chi connectivity index (χ4v) is 1.73. The third-order valence-corrected chi connectivity index (χ3v) is 2.71. The quantitative estimate of drug-likeness (QED) is 0.805. The molecule has 0 spiro atoms. The minimum Gasteiger partial charge on any atom is -0.381 e. The fourth-order valence-electron chi connectivity index (χ4n) is 1.73. The van der Waals surface area contributed by atoms with E-state index in [9.17, 15) is 8.78 Å². The third-order valence-electron chi connectivity index (χ3n) is 2.71. The predicted octanol–water partition coefficient (Wildman–Crippen LogP) is 2.20. The lowest BCUT2D eigenvalue weighted by Crippen LogP contribution is -2.23. The van der Waals surface area contributed by atoms with Gasteiger partial charge < -0.3 is 10.1 Å². The Morgan fingerprint density at radius 3 is 2.81 bits per heavy atom. The monoisotopic (exact) mass is 228 g/mol. The van der Waals surface area contributed by atoms with E-state index < -0.39 is 11.8 Å². The maximum absolute atomic E-state index is 13.2. The largest absolute Gasteiger partial charge is 0.381 e. The van der Waals surface area contributed by atoms with Crippen LogP contribution >= 0.6 is 0 Å². The molecule has 1 aromatic heterocycles. The highest BCUT2D eigenvalue weighted by Crippen LogP contribution is 2.17. The molecule has 0 radical (unpaired) electrons. The van der Waals surface area contributed by atoms with Crippen molar-refractivity contribution in [1.29, 1.82) is 0 Å². The van der Waals surface area contributed by atoms with Gasteiger partial charge in [0.1, 0.15) is 0 Å². The molecule has 0 bridgehead atoms. The van der Waals surface area contributed by atoms with Gasteiger partial charge in [0.05, 0.1) is 0 Å². The highest BCUT2D eigenvalue weighted by atomic mass is 19.1. The second-order valence-corrected chi connectivity index (χ2v) is 3.90. The van der Waals surface area contributed by atoms with E-state index in [1.165, 1.54) is 0 Å². The third kappa shape index (κ3) is 2.88. The average molecular weight is 228 g/mol. The molecule has 1 N–H and O–H groups in total.